The largest absolute Gasteiger partial charge is 0.322 e. The lowest BCUT2D eigenvalue weighted by atomic mass is 10.0. The molecule has 2 amide bonds. The highest BCUT2D eigenvalue weighted by atomic mass is 79.9. The molecule has 1 aromatic carbocycles. The van der Waals surface area contributed by atoms with Gasteiger partial charge in [0, 0.05) is 42.4 Å². The zero-order valence-electron chi connectivity index (χ0n) is 13.7. The van der Waals surface area contributed by atoms with Gasteiger partial charge in [0.05, 0.1) is 0 Å². The Morgan fingerprint density at radius 3 is 2.26 bits per heavy atom. The van der Waals surface area contributed by atoms with Gasteiger partial charge in [-0.05, 0) is 57.2 Å². The Labute approximate surface area is 146 Å². The number of urea groups is 1. The van der Waals surface area contributed by atoms with E-state index < -0.39 is 0 Å². The second kappa shape index (κ2) is 7.64. The number of benzene rings is 1. The Morgan fingerprint density at radius 2 is 1.65 bits per heavy atom. The molecule has 0 spiro atoms. The molecule has 0 aromatic heterocycles. The first kappa shape index (κ1) is 16.7. The predicted octanol–water partition coefficient (Wildman–Crippen LogP) is 2.69. The second-order valence-electron chi connectivity index (χ2n) is 6.49. The van der Waals surface area contributed by atoms with Crippen molar-refractivity contribution < 1.29 is 4.79 Å². The van der Waals surface area contributed by atoms with Gasteiger partial charge in [0.25, 0.3) is 0 Å². The van der Waals surface area contributed by atoms with Gasteiger partial charge < -0.3 is 15.1 Å². The smallest absolute Gasteiger partial charge is 0.321 e. The van der Waals surface area contributed by atoms with E-state index in [1.165, 1.54) is 25.9 Å². The van der Waals surface area contributed by atoms with Gasteiger partial charge in [0.1, 0.15) is 0 Å². The van der Waals surface area contributed by atoms with Crippen LogP contribution in [0.2, 0.25) is 0 Å². The fourth-order valence-corrected chi connectivity index (χ4v) is 3.65. The second-order valence-corrected chi connectivity index (χ2v) is 7.41. The fraction of sp³-hybridized carbons (Fsp3) is 0.588. The number of likely N-dealkylation sites (tertiary alicyclic amines) is 1. The number of nitrogens with one attached hydrogen (secondary N) is 1. The van der Waals surface area contributed by atoms with Crippen molar-refractivity contribution in [2.75, 3.05) is 51.6 Å². The number of halogens is 1. The summed E-state index contributed by atoms with van der Waals surface area (Å²) in [6, 6.07) is 8.41. The number of hydrogen-bond donors (Lipinski definition) is 1. The summed E-state index contributed by atoms with van der Waals surface area (Å²) in [5.74, 6) is 0. The zero-order chi connectivity index (χ0) is 16.2. The Kier molecular flexibility index (Phi) is 5.56. The van der Waals surface area contributed by atoms with Gasteiger partial charge in [-0.1, -0.05) is 15.9 Å². The van der Waals surface area contributed by atoms with Gasteiger partial charge >= 0.3 is 6.03 Å². The number of carbonyl (C=O) groups excluding carboxylic acids is 1. The lowest BCUT2D eigenvalue weighted by Gasteiger charge is -2.42. The molecule has 1 N–H and O–H groups in total. The Morgan fingerprint density at radius 1 is 1.04 bits per heavy atom. The number of anilines is 1. The third-order valence-corrected chi connectivity index (χ3v) is 5.43. The van der Waals surface area contributed by atoms with Crippen LogP contribution in [0, 0.1) is 0 Å². The first-order chi connectivity index (χ1) is 11.1. The number of amides is 2. The maximum absolute atomic E-state index is 12.4. The molecule has 0 unspecified atom stereocenters. The first-order valence-corrected chi connectivity index (χ1v) is 9.15. The van der Waals surface area contributed by atoms with Gasteiger partial charge in [0.15, 0.2) is 0 Å². The van der Waals surface area contributed by atoms with Crippen LogP contribution >= 0.6 is 15.9 Å². The molecular weight excluding hydrogens is 356 g/mol. The van der Waals surface area contributed by atoms with Crippen LogP contribution < -0.4 is 5.32 Å². The zero-order valence-corrected chi connectivity index (χ0v) is 15.3. The normalized spacial score (nSPS) is 21.4. The molecule has 2 saturated heterocycles. The molecule has 0 bridgehead atoms. The highest BCUT2D eigenvalue weighted by Crippen LogP contribution is 2.18. The van der Waals surface area contributed by atoms with Crippen LogP contribution in [0.4, 0.5) is 10.5 Å². The summed E-state index contributed by atoms with van der Waals surface area (Å²) in [5, 5.41) is 2.98. The van der Waals surface area contributed by atoms with Crippen molar-refractivity contribution in [2.45, 2.75) is 18.9 Å². The minimum Gasteiger partial charge on any atom is -0.322 e. The molecule has 0 aliphatic carbocycles. The third-order valence-electron chi connectivity index (χ3n) is 4.90. The molecule has 3 rings (SSSR count). The number of nitrogens with zero attached hydrogens (tertiary/aromatic N) is 3. The van der Waals surface area contributed by atoms with Gasteiger partial charge in [0.2, 0.25) is 0 Å². The molecule has 0 atom stereocenters. The molecular formula is C17H25BrN4O. The summed E-state index contributed by atoms with van der Waals surface area (Å²) in [4.78, 5) is 19.2. The number of hydrogen-bond acceptors (Lipinski definition) is 3. The molecule has 23 heavy (non-hydrogen) atoms. The average Bonchev–Trinajstić information content (AvgIpc) is 2.58. The standard InChI is InChI=1S/C17H25BrN4O/c1-20-8-6-16(7-9-20)21-10-12-22(13-11-21)17(23)19-15-4-2-14(18)3-5-15/h2-5,16H,6-13H2,1H3,(H,19,23). The molecule has 0 saturated carbocycles. The van der Waals surface area contributed by atoms with Crippen LogP contribution in [0.25, 0.3) is 0 Å². The van der Waals surface area contributed by atoms with E-state index in [1.807, 2.05) is 29.2 Å². The van der Waals surface area contributed by atoms with Crippen LogP contribution in [-0.2, 0) is 0 Å². The van der Waals surface area contributed by atoms with Crippen molar-refractivity contribution in [3.8, 4) is 0 Å². The molecule has 2 aliphatic rings. The quantitative estimate of drug-likeness (QED) is 0.856. The van der Waals surface area contributed by atoms with Gasteiger partial charge in [-0.15, -0.1) is 0 Å². The molecule has 0 radical (unpaired) electrons. The molecule has 2 heterocycles. The number of piperidine rings is 1. The van der Waals surface area contributed by atoms with Gasteiger partial charge in [-0.3, -0.25) is 4.90 Å². The average molecular weight is 381 g/mol. The van der Waals surface area contributed by atoms with Crippen molar-refractivity contribution in [1.82, 2.24) is 14.7 Å². The summed E-state index contributed by atoms with van der Waals surface area (Å²) in [7, 11) is 2.20. The van der Waals surface area contributed by atoms with Crippen molar-refractivity contribution in [1.29, 1.82) is 0 Å². The Hall–Kier alpha value is -1.11. The predicted molar refractivity (Wildman–Crippen MR) is 96.8 cm³/mol. The monoisotopic (exact) mass is 380 g/mol. The van der Waals surface area contributed by atoms with Gasteiger partial charge in [-0.2, -0.15) is 0 Å². The van der Waals surface area contributed by atoms with Gasteiger partial charge in [-0.25, -0.2) is 4.79 Å². The Balaban J connectivity index is 1.46. The maximum Gasteiger partial charge on any atom is 0.321 e. The van der Waals surface area contributed by atoms with E-state index in [4.69, 9.17) is 0 Å². The van der Waals surface area contributed by atoms with E-state index in [0.29, 0.717) is 6.04 Å². The van der Waals surface area contributed by atoms with Crippen LogP contribution in [0.1, 0.15) is 12.8 Å². The van der Waals surface area contributed by atoms with Crippen molar-refractivity contribution in [3.05, 3.63) is 28.7 Å². The van der Waals surface area contributed by atoms with Crippen molar-refractivity contribution in [2.24, 2.45) is 0 Å². The van der Waals surface area contributed by atoms with Crippen LogP contribution in [0.3, 0.4) is 0 Å². The van der Waals surface area contributed by atoms with E-state index in [0.717, 1.165) is 36.3 Å². The summed E-state index contributed by atoms with van der Waals surface area (Å²) in [6.45, 7) is 5.98. The minimum atomic E-state index is 0.00958. The van der Waals surface area contributed by atoms with E-state index in [9.17, 15) is 4.79 Å². The summed E-state index contributed by atoms with van der Waals surface area (Å²) in [5.41, 5.74) is 0.843. The highest BCUT2D eigenvalue weighted by molar-refractivity contribution is 9.10. The number of rotatable bonds is 2. The lowest BCUT2D eigenvalue weighted by molar-refractivity contribution is 0.0775. The maximum atomic E-state index is 12.4. The first-order valence-electron chi connectivity index (χ1n) is 8.36. The molecule has 2 aliphatic heterocycles. The lowest BCUT2D eigenvalue weighted by Crippen LogP contribution is -2.54. The van der Waals surface area contributed by atoms with E-state index in [-0.39, 0.29) is 6.03 Å². The Bertz CT molecular complexity index is 520. The summed E-state index contributed by atoms with van der Waals surface area (Å²) < 4.78 is 1.02. The topological polar surface area (TPSA) is 38.8 Å². The van der Waals surface area contributed by atoms with Crippen LogP contribution in [-0.4, -0.2) is 73.1 Å². The molecule has 126 valence electrons. The van der Waals surface area contributed by atoms with Crippen LogP contribution in [0.15, 0.2) is 28.7 Å². The molecule has 2 fully saturated rings. The highest BCUT2D eigenvalue weighted by Gasteiger charge is 2.28. The number of piperazine rings is 1. The SMILES string of the molecule is CN1CCC(N2CCN(C(=O)Nc3ccc(Br)cc3)CC2)CC1. The van der Waals surface area contributed by atoms with Crippen molar-refractivity contribution in [3.63, 3.8) is 0 Å². The molecule has 6 heteroatoms. The van der Waals surface area contributed by atoms with Crippen LogP contribution in [0.5, 0.6) is 0 Å². The molecule has 1 aromatic rings. The third kappa shape index (κ3) is 4.46. The van der Waals surface area contributed by atoms with Crippen molar-refractivity contribution >= 4 is 27.6 Å². The summed E-state index contributed by atoms with van der Waals surface area (Å²) in [6.07, 6.45) is 2.50. The fourth-order valence-electron chi connectivity index (χ4n) is 3.39. The van der Waals surface area contributed by atoms with E-state index in [2.05, 4.69) is 38.1 Å². The minimum absolute atomic E-state index is 0.00958. The number of carbonyl (C=O) groups is 1. The van der Waals surface area contributed by atoms with E-state index >= 15 is 0 Å². The summed E-state index contributed by atoms with van der Waals surface area (Å²) >= 11 is 3.40. The molecule has 5 nitrogen and oxygen atoms in total. The van der Waals surface area contributed by atoms with E-state index in [1.54, 1.807) is 0 Å².